The van der Waals surface area contributed by atoms with Crippen molar-refractivity contribution in [3.8, 4) is 0 Å². The monoisotopic (exact) mass is 315 g/mol. The molecule has 23 heavy (non-hydrogen) atoms. The zero-order valence-electron chi connectivity index (χ0n) is 13.0. The van der Waals surface area contributed by atoms with Gasteiger partial charge < -0.3 is 5.73 Å². The standard InChI is InChI=1S/C16H21N5O2/c17-10-15-16(13-4-2-1-3-5-13)20(19-18-15)11-12-6-8-14(9-7-12)21(22)23/h6-9,13H,1-5,10-11,17H2. The maximum absolute atomic E-state index is 10.7. The Kier molecular flexibility index (Phi) is 4.66. The molecular formula is C16H21N5O2. The fraction of sp³-hybridized carbons (Fsp3) is 0.500. The van der Waals surface area contributed by atoms with Gasteiger partial charge in [-0.2, -0.15) is 0 Å². The van der Waals surface area contributed by atoms with Crippen molar-refractivity contribution in [2.45, 2.75) is 51.1 Å². The summed E-state index contributed by atoms with van der Waals surface area (Å²) in [6.07, 6.45) is 6.06. The molecule has 0 spiro atoms. The minimum Gasteiger partial charge on any atom is -0.325 e. The van der Waals surface area contributed by atoms with E-state index in [1.807, 2.05) is 4.68 Å². The van der Waals surface area contributed by atoms with Crippen molar-refractivity contribution >= 4 is 5.69 Å². The fourth-order valence-corrected chi connectivity index (χ4v) is 3.34. The van der Waals surface area contributed by atoms with Crippen LogP contribution in [0.15, 0.2) is 24.3 Å². The molecule has 2 aromatic rings. The molecule has 0 unspecified atom stereocenters. The third-order valence-corrected chi connectivity index (χ3v) is 4.51. The van der Waals surface area contributed by atoms with Crippen LogP contribution < -0.4 is 5.73 Å². The van der Waals surface area contributed by atoms with E-state index in [2.05, 4.69) is 10.3 Å². The predicted octanol–water partition coefficient (Wildman–Crippen LogP) is 2.74. The molecule has 0 aliphatic heterocycles. The molecule has 1 aliphatic carbocycles. The topological polar surface area (TPSA) is 99.9 Å². The van der Waals surface area contributed by atoms with Crippen molar-refractivity contribution in [1.29, 1.82) is 0 Å². The van der Waals surface area contributed by atoms with Crippen LogP contribution in [0.1, 0.15) is 55.0 Å². The van der Waals surface area contributed by atoms with Crippen LogP contribution in [0, 0.1) is 10.1 Å². The Morgan fingerprint density at radius 1 is 1.22 bits per heavy atom. The van der Waals surface area contributed by atoms with E-state index in [1.165, 1.54) is 31.4 Å². The number of benzene rings is 1. The number of rotatable bonds is 5. The van der Waals surface area contributed by atoms with Gasteiger partial charge in [-0.25, -0.2) is 4.68 Å². The second-order valence-corrected chi connectivity index (χ2v) is 6.04. The van der Waals surface area contributed by atoms with E-state index < -0.39 is 0 Å². The smallest absolute Gasteiger partial charge is 0.269 e. The van der Waals surface area contributed by atoms with Crippen molar-refractivity contribution < 1.29 is 4.92 Å². The first-order chi connectivity index (χ1) is 11.2. The normalized spacial score (nSPS) is 15.7. The Labute approximate surface area is 134 Å². The maximum atomic E-state index is 10.7. The van der Waals surface area contributed by atoms with Gasteiger partial charge in [0.05, 0.1) is 22.9 Å². The Hall–Kier alpha value is -2.28. The molecule has 1 aromatic carbocycles. The van der Waals surface area contributed by atoms with Gasteiger partial charge in [-0.05, 0) is 18.4 Å². The molecule has 0 atom stereocenters. The van der Waals surface area contributed by atoms with Crippen LogP contribution in [0.2, 0.25) is 0 Å². The van der Waals surface area contributed by atoms with E-state index >= 15 is 0 Å². The van der Waals surface area contributed by atoms with Crippen LogP contribution in [0.25, 0.3) is 0 Å². The number of nitro groups is 1. The average molecular weight is 315 g/mol. The van der Waals surface area contributed by atoms with Crippen molar-refractivity contribution in [1.82, 2.24) is 15.0 Å². The summed E-state index contributed by atoms with van der Waals surface area (Å²) in [5.41, 5.74) is 8.92. The molecule has 2 N–H and O–H groups in total. The highest BCUT2D eigenvalue weighted by Gasteiger charge is 2.24. The minimum absolute atomic E-state index is 0.0995. The van der Waals surface area contributed by atoms with Gasteiger partial charge in [0, 0.05) is 24.6 Å². The highest BCUT2D eigenvalue weighted by molar-refractivity contribution is 5.33. The molecule has 0 bridgehead atoms. The third-order valence-electron chi connectivity index (χ3n) is 4.51. The Balaban J connectivity index is 1.84. The maximum Gasteiger partial charge on any atom is 0.269 e. The summed E-state index contributed by atoms with van der Waals surface area (Å²) < 4.78 is 1.92. The first kappa shape index (κ1) is 15.6. The molecule has 7 nitrogen and oxygen atoms in total. The molecule has 1 heterocycles. The quantitative estimate of drug-likeness (QED) is 0.675. The third kappa shape index (κ3) is 3.39. The van der Waals surface area contributed by atoms with E-state index in [0.29, 0.717) is 19.0 Å². The summed E-state index contributed by atoms with van der Waals surface area (Å²) in [6, 6.07) is 6.59. The second-order valence-electron chi connectivity index (χ2n) is 6.04. The molecule has 3 rings (SSSR count). The molecule has 1 saturated carbocycles. The molecule has 0 saturated heterocycles. The van der Waals surface area contributed by atoms with Crippen molar-refractivity contribution in [2.75, 3.05) is 0 Å². The lowest BCUT2D eigenvalue weighted by Gasteiger charge is -2.23. The molecule has 1 fully saturated rings. The molecule has 122 valence electrons. The van der Waals surface area contributed by atoms with Crippen LogP contribution in [-0.4, -0.2) is 19.9 Å². The number of hydrogen-bond donors (Lipinski definition) is 1. The van der Waals surface area contributed by atoms with Gasteiger partial charge in [0.1, 0.15) is 0 Å². The van der Waals surface area contributed by atoms with Crippen LogP contribution in [0.3, 0.4) is 0 Å². The van der Waals surface area contributed by atoms with E-state index in [1.54, 1.807) is 12.1 Å². The molecular weight excluding hydrogens is 294 g/mol. The predicted molar refractivity (Wildman–Crippen MR) is 85.9 cm³/mol. The molecule has 0 amide bonds. The Bertz CT molecular complexity index is 674. The van der Waals surface area contributed by atoms with Gasteiger partial charge in [0.25, 0.3) is 5.69 Å². The van der Waals surface area contributed by atoms with Crippen LogP contribution in [0.5, 0.6) is 0 Å². The lowest BCUT2D eigenvalue weighted by molar-refractivity contribution is -0.384. The van der Waals surface area contributed by atoms with Crippen molar-refractivity contribution in [3.05, 3.63) is 51.3 Å². The summed E-state index contributed by atoms with van der Waals surface area (Å²) >= 11 is 0. The summed E-state index contributed by atoms with van der Waals surface area (Å²) in [5.74, 6) is 0.468. The summed E-state index contributed by atoms with van der Waals surface area (Å²) in [5, 5.41) is 19.2. The minimum atomic E-state index is -0.390. The first-order valence-corrected chi connectivity index (χ1v) is 8.04. The van der Waals surface area contributed by atoms with Crippen LogP contribution in [-0.2, 0) is 13.1 Å². The highest BCUT2D eigenvalue weighted by atomic mass is 16.6. The van der Waals surface area contributed by atoms with E-state index in [4.69, 9.17) is 5.73 Å². The van der Waals surface area contributed by atoms with Gasteiger partial charge in [-0.1, -0.05) is 36.6 Å². The number of aromatic nitrogens is 3. The highest BCUT2D eigenvalue weighted by Crippen LogP contribution is 2.34. The number of nitrogens with zero attached hydrogens (tertiary/aromatic N) is 4. The van der Waals surface area contributed by atoms with E-state index in [9.17, 15) is 10.1 Å². The summed E-state index contributed by atoms with van der Waals surface area (Å²) in [7, 11) is 0. The SMILES string of the molecule is NCc1nnn(Cc2ccc([N+](=O)[O-])cc2)c1C1CCCCC1. The molecule has 1 aromatic heterocycles. The van der Waals surface area contributed by atoms with Gasteiger partial charge in [0.15, 0.2) is 0 Å². The van der Waals surface area contributed by atoms with E-state index in [0.717, 1.165) is 29.8 Å². The summed E-state index contributed by atoms with van der Waals surface area (Å²) in [4.78, 5) is 10.3. The summed E-state index contributed by atoms with van der Waals surface area (Å²) in [6.45, 7) is 0.961. The van der Waals surface area contributed by atoms with Gasteiger partial charge in [-0.3, -0.25) is 10.1 Å². The largest absolute Gasteiger partial charge is 0.325 e. The number of nitrogens with two attached hydrogens (primary N) is 1. The molecule has 1 aliphatic rings. The zero-order valence-corrected chi connectivity index (χ0v) is 13.0. The number of hydrogen-bond acceptors (Lipinski definition) is 5. The van der Waals surface area contributed by atoms with Crippen molar-refractivity contribution in [3.63, 3.8) is 0 Å². The van der Waals surface area contributed by atoms with E-state index in [-0.39, 0.29) is 10.6 Å². The number of non-ortho nitro benzene ring substituents is 1. The molecule has 0 radical (unpaired) electrons. The zero-order chi connectivity index (χ0) is 16.2. The van der Waals surface area contributed by atoms with Gasteiger partial charge in [0.2, 0.25) is 0 Å². The molecule has 7 heteroatoms. The Morgan fingerprint density at radius 3 is 2.52 bits per heavy atom. The van der Waals surface area contributed by atoms with Gasteiger partial charge >= 0.3 is 0 Å². The second kappa shape index (κ2) is 6.87. The van der Waals surface area contributed by atoms with Crippen LogP contribution in [0.4, 0.5) is 5.69 Å². The average Bonchev–Trinajstić information content (AvgIpc) is 2.99. The fourth-order valence-electron chi connectivity index (χ4n) is 3.34. The first-order valence-electron chi connectivity index (χ1n) is 8.04. The number of nitro benzene ring substituents is 1. The van der Waals surface area contributed by atoms with Crippen molar-refractivity contribution in [2.24, 2.45) is 5.73 Å². The lowest BCUT2D eigenvalue weighted by Crippen LogP contribution is -2.15. The van der Waals surface area contributed by atoms with Gasteiger partial charge in [-0.15, -0.1) is 5.10 Å². The Morgan fingerprint density at radius 2 is 1.91 bits per heavy atom. The lowest BCUT2D eigenvalue weighted by atomic mass is 9.86. The van der Waals surface area contributed by atoms with Crippen LogP contribution >= 0.6 is 0 Å².